The number of nitrogens with one attached hydrogen (secondary N) is 2. The molecular weight excluding hydrogens is 338 g/mol. The first-order valence-corrected chi connectivity index (χ1v) is 5.99. The molecule has 1 aromatic rings. The van der Waals surface area contributed by atoms with Gasteiger partial charge < -0.3 is 20.8 Å². The lowest BCUT2D eigenvalue weighted by Crippen LogP contribution is -2.45. The topological polar surface area (TPSA) is 142 Å². The second-order valence-corrected chi connectivity index (χ2v) is 4.45. The first-order valence-electron chi connectivity index (χ1n) is 5.20. The van der Waals surface area contributed by atoms with Crippen molar-refractivity contribution in [2.24, 2.45) is 0 Å². The van der Waals surface area contributed by atoms with E-state index in [0.29, 0.717) is 0 Å². The summed E-state index contributed by atoms with van der Waals surface area (Å²) < 4.78 is 0.243. The number of aliphatic hydroxyl groups is 1. The van der Waals surface area contributed by atoms with Gasteiger partial charge in [0, 0.05) is 11.8 Å². The molecule has 108 valence electrons. The van der Waals surface area contributed by atoms with Crippen LogP contribution in [0.3, 0.4) is 0 Å². The van der Waals surface area contributed by atoms with E-state index in [9.17, 15) is 19.7 Å². The van der Waals surface area contributed by atoms with Gasteiger partial charge in [0.2, 0.25) is 0 Å². The Morgan fingerprint density at radius 2 is 2.10 bits per heavy atom. The zero-order valence-electron chi connectivity index (χ0n) is 9.87. The van der Waals surface area contributed by atoms with Crippen LogP contribution < -0.4 is 10.6 Å². The summed E-state index contributed by atoms with van der Waals surface area (Å²) >= 11 is 2.99. The van der Waals surface area contributed by atoms with Crippen molar-refractivity contribution < 1.29 is 24.7 Å². The number of nitro groups is 1. The van der Waals surface area contributed by atoms with Crippen LogP contribution in [0, 0.1) is 10.1 Å². The number of hydrogen-bond donors (Lipinski definition) is 4. The summed E-state index contributed by atoms with van der Waals surface area (Å²) in [6, 6.07) is 1.52. The van der Waals surface area contributed by atoms with E-state index in [-0.39, 0.29) is 15.8 Å². The summed E-state index contributed by atoms with van der Waals surface area (Å²) in [6.07, 6.45) is 0. The van der Waals surface area contributed by atoms with Crippen LogP contribution >= 0.6 is 15.9 Å². The Labute approximate surface area is 120 Å². The third kappa shape index (κ3) is 4.17. The number of benzene rings is 1. The normalized spacial score (nSPS) is 11.5. The molecule has 0 saturated heterocycles. The van der Waals surface area contributed by atoms with E-state index in [1.54, 1.807) is 0 Å². The molecule has 0 fully saturated rings. The van der Waals surface area contributed by atoms with Gasteiger partial charge in [-0.25, -0.2) is 9.59 Å². The highest BCUT2D eigenvalue weighted by atomic mass is 79.9. The number of nitro benzene ring substituents is 1. The van der Waals surface area contributed by atoms with Gasteiger partial charge in [0.05, 0.1) is 16.0 Å². The Morgan fingerprint density at radius 1 is 1.45 bits per heavy atom. The minimum Gasteiger partial charge on any atom is -0.480 e. The van der Waals surface area contributed by atoms with Gasteiger partial charge in [-0.15, -0.1) is 0 Å². The molecule has 9 nitrogen and oxygen atoms in total. The van der Waals surface area contributed by atoms with Crippen molar-refractivity contribution in [3.05, 3.63) is 32.8 Å². The molecule has 0 aromatic heterocycles. The van der Waals surface area contributed by atoms with E-state index in [1.807, 2.05) is 5.32 Å². The molecule has 0 unspecified atom stereocenters. The van der Waals surface area contributed by atoms with Gasteiger partial charge in [-0.3, -0.25) is 10.1 Å². The number of aliphatic carboxylic acids is 1. The number of urea groups is 1. The fourth-order valence-corrected chi connectivity index (χ4v) is 1.63. The van der Waals surface area contributed by atoms with Crippen molar-refractivity contribution in [2.75, 3.05) is 11.9 Å². The van der Waals surface area contributed by atoms with Crippen molar-refractivity contribution >= 4 is 39.3 Å². The number of rotatable bonds is 5. The standard InChI is InChI=1S/C10H10BrN3O6/c11-6-2-1-5(3-8(6)14(19)20)12-10(18)13-7(4-15)9(16)17/h1-3,7,15H,4H2,(H,16,17)(H2,12,13,18)/t7-/m1/s1. The van der Waals surface area contributed by atoms with Crippen LogP contribution in [0.2, 0.25) is 0 Å². The number of nitrogens with zero attached hydrogens (tertiary/aromatic N) is 1. The van der Waals surface area contributed by atoms with Crippen molar-refractivity contribution in [3.8, 4) is 0 Å². The number of amides is 2. The fourth-order valence-electron chi connectivity index (χ4n) is 1.24. The lowest BCUT2D eigenvalue weighted by molar-refractivity contribution is -0.385. The number of aliphatic hydroxyl groups excluding tert-OH is 1. The van der Waals surface area contributed by atoms with Crippen molar-refractivity contribution in [1.82, 2.24) is 5.32 Å². The van der Waals surface area contributed by atoms with E-state index >= 15 is 0 Å². The lowest BCUT2D eigenvalue weighted by Gasteiger charge is -2.12. The number of carbonyl (C=O) groups is 2. The highest BCUT2D eigenvalue weighted by molar-refractivity contribution is 9.10. The van der Waals surface area contributed by atoms with E-state index in [0.717, 1.165) is 6.07 Å². The maximum atomic E-state index is 11.5. The minimum absolute atomic E-state index is 0.111. The highest BCUT2D eigenvalue weighted by Crippen LogP contribution is 2.27. The molecule has 2 amide bonds. The molecule has 0 heterocycles. The predicted molar refractivity (Wildman–Crippen MR) is 71.5 cm³/mol. The quantitative estimate of drug-likeness (QED) is 0.461. The second-order valence-electron chi connectivity index (χ2n) is 3.60. The molecule has 0 bridgehead atoms. The van der Waals surface area contributed by atoms with Gasteiger partial charge in [0.15, 0.2) is 6.04 Å². The molecule has 20 heavy (non-hydrogen) atoms. The smallest absolute Gasteiger partial charge is 0.328 e. The highest BCUT2D eigenvalue weighted by Gasteiger charge is 2.19. The van der Waals surface area contributed by atoms with E-state index in [2.05, 4.69) is 21.2 Å². The fraction of sp³-hybridized carbons (Fsp3) is 0.200. The summed E-state index contributed by atoms with van der Waals surface area (Å²) in [7, 11) is 0. The zero-order chi connectivity index (χ0) is 15.3. The first-order chi connectivity index (χ1) is 9.35. The molecule has 4 N–H and O–H groups in total. The maximum absolute atomic E-state index is 11.5. The van der Waals surface area contributed by atoms with Crippen molar-refractivity contribution in [3.63, 3.8) is 0 Å². The number of carboxylic acid groups (broad SMARTS) is 1. The summed E-state index contributed by atoms with van der Waals surface area (Å²) in [5.74, 6) is -1.40. The molecule has 1 rings (SSSR count). The van der Waals surface area contributed by atoms with Crippen LogP contribution in [0.25, 0.3) is 0 Å². The summed E-state index contributed by atoms with van der Waals surface area (Å²) in [5, 5.41) is 32.3. The van der Waals surface area contributed by atoms with Gasteiger partial charge in [-0.05, 0) is 28.1 Å². The molecule has 0 aliphatic heterocycles. The number of carboxylic acids is 1. The Balaban J connectivity index is 2.78. The number of hydrogen-bond acceptors (Lipinski definition) is 5. The minimum atomic E-state index is -1.46. The van der Waals surface area contributed by atoms with Gasteiger partial charge in [-0.2, -0.15) is 0 Å². The predicted octanol–water partition coefficient (Wildman–Crippen LogP) is 0.924. The largest absolute Gasteiger partial charge is 0.480 e. The average molecular weight is 348 g/mol. The molecule has 0 spiro atoms. The average Bonchev–Trinajstić information content (AvgIpc) is 2.37. The molecule has 10 heteroatoms. The van der Waals surface area contributed by atoms with Crippen LogP contribution in [0.4, 0.5) is 16.2 Å². The van der Waals surface area contributed by atoms with E-state index in [4.69, 9.17) is 10.2 Å². The lowest BCUT2D eigenvalue weighted by atomic mass is 10.3. The third-order valence-corrected chi connectivity index (χ3v) is 2.86. The number of halogens is 1. The van der Waals surface area contributed by atoms with Gasteiger partial charge in [0.25, 0.3) is 5.69 Å². The van der Waals surface area contributed by atoms with Crippen LogP contribution in [-0.2, 0) is 4.79 Å². The molecule has 1 atom stereocenters. The van der Waals surface area contributed by atoms with Gasteiger partial charge >= 0.3 is 12.0 Å². The summed E-state index contributed by atoms with van der Waals surface area (Å²) in [6.45, 7) is -0.775. The summed E-state index contributed by atoms with van der Waals surface area (Å²) in [5.41, 5.74) is -0.140. The number of anilines is 1. The Hall–Kier alpha value is -2.20. The maximum Gasteiger partial charge on any atom is 0.328 e. The van der Waals surface area contributed by atoms with E-state index in [1.165, 1.54) is 12.1 Å². The molecule has 0 aliphatic carbocycles. The van der Waals surface area contributed by atoms with E-state index < -0.39 is 29.6 Å². The molecule has 1 aromatic carbocycles. The second kappa shape index (κ2) is 6.82. The van der Waals surface area contributed by atoms with Crippen molar-refractivity contribution in [1.29, 1.82) is 0 Å². The molecule has 0 saturated carbocycles. The van der Waals surface area contributed by atoms with Crippen LogP contribution in [0.15, 0.2) is 22.7 Å². The monoisotopic (exact) mass is 347 g/mol. The van der Waals surface area contributed by atoms with Crippen molar-refractivity contribution in [2.45, 2.75) is 6.04 Å². The third-order valence-electron chi connectivity index (χ3n) is 2.19. The summed E-state index contributed by atoms with van der Waals surface area (Å²) in [4.78, 5) is 32.2. The number of carbonyl (C=O) groups excluding carboxylic acids is 1. The Morgan fingerprint density at radius 3 is 2.60 bits per heavy atom. The Kier molecular flexibility index (Phi) is 5.41. The Bertz CT molecular complexity index is 550. The van der Waals surface area contributed by atoms with Crippen LogP contribution in [-0.4, -0.2) is 39.8 Å². The van der Waals surface area contributed by atoms with Gasteiger partial charge in [-0.1, -0.05) is 0 Å². The molecule has 0 aliphatic rings. The van der Waals surface area contributed by atoms with Gasteiger partial charge in [0.1, 0.15) is 0 Å². The SMILES string of the molecule is O=C(Nc1ccc(Br)c([N+](=O)[O-])c1)N[C@H](CO)C(=O)O. The van der Waals surface area contributed by atoms with Crippen LogP contribution in [0.1, 0.15) is 0 Å². The zero-order valence-corrected chi connectivity index (χ0v) is 11.5. The van der Waals surface area contributed by atoms with Crippen LogP contribution in [0.5, 0.6) is 0 Å². The molecular formula is C10H10BrN3O6. The molecule has 0 radical (unpaired) electrons. The first kappa shape index (κ1) is 15.9.